The van der Waals surface area contributed by atoms with Crippen LogP contribution in [0.3, 0.4) is 0 Å². The van der Waals surface area contributed by atoms with Gasteiger partial charge in [-0.05, 0) is 48.1 Å². The largest absolute Gasteiger partial charge is 0.462 e. The summed E-state index contributed by atoms with van der Waals surface area (Å²) in [6, 6.07) is 12.8. The van der Waals surface area contributed by atoms with Gasteiger partial charge in [0.15, 0.2) is 0 Å². The minimum absolute atomic E-state index is 0.0867. The van der Waals surface area contributed by atoms with E-state index < -0.39 is 16.0 Å². The lowest BCUT2D eigenvalue weighted by atomic mass is 10.1. The van der Waals surface area contributed by atoms with Crippen LogP contribution in [0.5, 0.6) is 0 Å². The number of hydrogen-bond acceptors (Lipinski definition) is 8. The summed E-state index contributed by atoms with van der Waals surface area (Å²) in [5.74, 6) is 0.425. The number of aromatic nitrogens is 2. The highest BCUT2D eigenvalue weighted by Crippen LogP contribution is 2.51. The molecule has 1 amide bonds. The Morgan fingerprint density at radius 3 is 2.46 bits per heavy atom. The molecule has 0 bridgehead atoms. The van der Waals surface area contributed by atoms with Crippen LogP contribution in [0.4, 0.5) is 5.95 Å². The van der Waals surface area contributed by atoms with Gasteiger partial charge in [-0.1, -0.05) is 30.3 Å². The van der Waals surface area contributed by atoms with Gasteiger partial charge in [-0.25, -0.2) is 23.2 Å². The van der Waals surface area contributed by atoms with E-state index in [1.54, 1.807) is 28.3 Å². The van der Waals surface area contributed by atoms with Gasteiger partial charge in [0.1, 0.15) is 0 Å². The summed E-state index contributed by atoms with van der Waals surface area (Å²) in [6.07, 6.45) is 4.27. The molecule has 2 aliphatic heterocycles. The molecule has 1 saturated carbocycles. The van der Waals surface area contributed by atoms with Crippen molar-refractivity contribution in [2.24, 2.45) is 11.8 Å². The number of carbonyl (C=O) groups is 2. The molecule has 3 fully saturated rings. The summed E-state index contributed by atoms with van der Waals surface area (Å²) in [7, 11) is -3.79. The van der Waals surface area contributed by atoms with Gasteiger partial charge in [0, 0.05) is 57.6 Å². The molecule has 2 aromatic carbocycles. The van der Waals surface area contributed by atoms with E-state index in [2.05, 4.69) is 9.97 Å². The van der Waals surface area contributed by atoms with Crippen LogP contribution < -0.4 is 4.90 Å². The SMILES string of the molecule is CCOC(=O)c1cnc(N2CC3C(C2)C3N(CCN2CCCC2=O)S(=O)(=O)c2ccc3ccccc3c2)nc1. The lowest BCUT2D eigenvalue weighted by Crippen LogP contribution is -2.43. The molecule has 1 aromatic heterocycles. The lowest BCUT2D eigenvalue weighted by Gasteiger charge is -2.28. The van der Waals surface area contributed by atoms with Gasteiger partial charge in [0.25, 0.3) is 0 Å². The van der Waals surface area contributed by atoms with Gasteiger partial charge in [-0.3, -0.25) is 4.79 Å². The fraction of sp³-hybridized carbons (Fsp3) is 0.429. The number of sulfonamides is 1. The fourth-order valence-electron chi connectivity index (χ4n) is 5.94. The number of hydrogen-bond donors (Lipinski definition) is 0. The number of amides is 1. The van der Waals surface area contributed by atoms with Crippen molar-refractivity contribution in [1.29, 1.82) is 0 Å². The minimum atomic E-state index is -3.79. The maximum atomic E-state index is 14.0. The zero-order valence-electron chi connectivity index (χ0n) is 21.8. The van der Waals surface area contributed by atoms with Gasteiger partial charge in [-0.2, -0.15) is 4.31 Å². The van der Waals surface area contributed by atoms with Crippen LogP contribution in [-0.2, 0) is 19.6 Å². The van der Waals surface area contributed by atoms with E-state index in [0.29, 0.717) is 44.1 Å². The number of esters is 1. The molecule has 11 heteroatoms. The number of piperidine rings is 1. The maximum Gasteiger partial charge on any atom is 0.341 e. The van der Waals surface area contributed by atoms with Crippen LogP contribution in [0.2, 0.25) is 0 Å². The van der Waals surface area contributed by atoms with E-state index in [1.165, 1.54) is 12.4 Å². The molecule has 39 heavy (non-hydrogen) atoms. The third-order valence-corrected chi connectivity index (χ3v) is 9.90. The standard InChI is InChI=1S/C28H31N5O5S/c1-2-38-27(35)21-15-29-28(30-16-21)32-17-23-24(18-32)26(23)33(13-12-31-11-5-8-25(31)34)39(36,37)22-10-9-19-6-3-4-7-20(19)14-22/h3-4,6-7,9-10,14-16,23-24,26H,2,5,8,11-13,17-18H2,1H3. The van der Waals surface area contributed by atoms with Crippen molar-refractivity contribution in [3.63, 3.8) is 0 Å². The van der Waals surface area contributed by atoms with Crippen molar-refractivity contribution in [3.8, 4) is 0 Å². The molecule has 2 saturated heterocycles. The molecular formula is C28H31N5O5S. The van der Waals surface area contributed by atoms with E-state index in [4.69, 9.17) is 4.74 Å². The highest BCUT2D eigenvalue weighted by molar-refractivity contribution is 7.89. The molecule has 6 rings (SSSR count). The summed E-state index contributed by atoms with van der Waals surface area (Å²) in [5, 5.41) is 1.86. The first-order chi connectivity index (χ1) is 18.9. The number of nitrogens with zero attached hydrogens (tertiary/aromatic N) is 5. The monoisotopic (exact) mass is 549 g/mol. The molecule has 3 aliphatic rings. The minimum Gasteiger partial charge on any atom is -0.462 e. The van der Waals surface area contributed by atoms with Crippen molar-refractivity contribution < 1.29 is 22.7 Å². The molecule has 204 valence electrons. The highest BCUT2D eigenvalue weighted by atomic mass is 32.2. The topological polar surface area (TPSA) is 113 Å². The maximum absolute atomic E-state index is 14.0. The van der Waals surface area contributed by atoms with Crippen molar-refractivity contribution in [3.05, 3.63) is 60.4 Å². The number of rotatable bonds is 9. The Labute approximate surface area is 227 Å². The normalized spacial score (nSPS) is 22.5. The van der Waals surface area contributed by atoms with E-state index in [1.807, 2.05) is 35.2 Å². The van der Waals surface area contributed by atoms with Crippen molar-refractivity contribution >= 4 is 38.6 Å². The van der Waals surface area contributed by atoms with Gasteiger partial charge >= 0.3 is 5.97 Å². The molecule has 10 nitrogen and oxygen atoms in total. The van der Waals surface area contributed by atoms with E-state index >= 15 is 0 Å². The molecule has 0 radical (unpaired) electrons. The summed E-state index contributed by atoms with van der Waals surface area (Å²) in [6.45, 7) is 4.61. The molecule has 2 unspecified atom stereocenters. The second-order valence-electron chi connectivity index (χ2n) is 10.3. The second-order valence-corrected chi connectivity index (χ2v) is 12.2. The molecule has 3 heterocycles. The van der Waals surface area contributed by atoms with Gasteiger partial charge in [0.05, 0.1) is 17.1 Å². The molecular weight excluding hydrogens is 518 g/mol. The summed E-state index contributed by atoms with van der Waals surface area (Å²) >= 11 is 0. The molecule has 1 aliphatic carbocycles. The molecule has 0 spiro atoms. The van der Waals surface area contributed by atoms with Crippen LogP contribution in [-0.4, -0.2) is 84.8 Å². The number of anilines is 1. The Morgan fingerprint density at radius 2 is 1.79 bits per heavy atom. The number of benzene rings is 2. The zero-order valence-corrected chi connectivity index (χ0v) is 22.6. The fourth-order valence-corrected chi connectivity index (χ4v) is 7.68. The Bertz CT molecular complexity index is 1500. The zero-order chi connectivity index (χ0) is 27.1. The van der Waals surface area contributed by atoms with Crippen molar-refractivity contribution in [1.82, 2.24) is 19.2 Å². The second kappa shape index (κ2) is 10.2. The quantitative estimate of drug-likeness (QED) is 0.374. The Balaban J connectivity index is 1.21. The summed E-state index contributed by atoms with van der Waals surface area (Å²) in [4.78, 5) is 36.9. The Morgan fingerprint density at radius 1 is 1.08 bits per heavy atom. The molecule has 2 atom stereocenters. The predicted molar refractivity (Wildman–Crippen MR) is 145 cm³/mol. The van der Waals surface area contributed by atoms with Crippen LogP contribution in [0, 0.1) is 11.8 Å². The average Bonchev–Trinajstić information content (AvgIpc) is 3.24. The number of likely N-dealkylation sites (tertiary alicyclic amines) is 1. The lowest BCUT2D eigenvalue weighted by molar-refractivity contribution is -0.127. The van der Waals surface area contributed by atoms with Crippen LogP contribution >= 0.6 is 0 Å². The van der Waals surface area contributed by atoms with Crippen molar-refractivity contribution in [2.45, 2.75) is 30.7 Å². The number of carbonyl (C=O) groups excluding carboxylic acids is 2. The van der Waals surface area contributed by atoms with Gasteiger partial charge in [-0.15, -0.1) is 0 Å². The van der Waals surface area contributed by atoms with E-state index in [9.17, 15) is 18.0 Å². The van der Waals surface area contributed by atoms with E-state index in [-0.39, 0.29) is 41.8 Å². The Kier molecular flexibility index (Phi) is 6.72. The first-order valence-corrected chi connectivity index (χ1v) is 14.8. The van der Waals surface area contributed by atoms with Crippen LogP contribution in [0.25, 0.3) is 10.8 Å². The molecule has 0 N–H and O–H groups in total. The van der Waals surface area contributed by atoms with Crippen LogP contribution in [0.1, 0.15) is 30.1 Å². The van der Waals surface area contributed by atoms with Crippen LogP contribution in [0.15, 0.2) is 59.8 Å². The third kappa shape index (κ3) is 4.85. The summed E-state index contributed by atoms with van der Waals surface area (Å²) in [5.41, 5.74) is 0.298. The average molecular weight is 550 g/mol. The van der Waals surface area contributed by atoms with Gasteiger partial charge < -0.3 is 14.5 Å². The highest BCUT2D eigenvalue weighted by Gasteiger charge is 2.61. The van der Waals surface area contributed by atoms with E-state index in [0.717, 1.165) is 17.2 Å². The first-order valence-electron chi connectivity index (χ1n) is 13.4. The Hall–Kier alpha value is -3.57. The number of fused-ring (bicyclic) bond motifs is 2. The molecule has 3 aromatic rings. The number of ether oxygens (including phenoxy) is 1. The predicted octanol–water partition coefficient (Wildman–Crippen LogP) is 2.55. The van der Waals surface area contributed by atoms with Gasteiger partial charge in [0.2, 0.25) is 21.9 Å². The smallest absolute Gasteiger partial charge is 0.341 e. The summed E-state index contributed by atoms with van der Waals surface area (Å²) < 4.78 is 34.7. The third-order valence-electron chi connectivity index (χ3n) is 8.00. The van der Waals surface area contributed by atoms with Crippen molar-refractivity contribution in [2.75, 3.05) is 44.2 Å². The first kappa shape index (κ1) is 25.7.